The molecule has 16 heavy (non-hydrogen) atoms. The number of hydrogen-bond donors (Lipinski definition) is 1. The summed E-state index contributed by atoms with van der Waals surface area (Å²) in [5.74, 6) is 0.834. The van der Waals surface area contributed by atoms with E-state index in [-0.39, 0.29) is 0 Å². The van der Waals surface area contributed by atoms with Gasteiger partial charge in [0.05, 0.1) is 11.0 Å². The Morgan fingerprint density at radius 3 is 3.00 bits per heavy atom. The van der Waals surface area contributed by atoms with Crippen LogP contribution in [0.25, 0.3) is 0 Å². The second kappa shape index (κ2) is 5.15. The van der Waals surface area contributed by atoms with Crippen LogP contribution in [0.4, 0.5) is 5.13 Å². The van der Waals surface area contributed by atoms with Crippen molar-refractivity contribution in [2.45, 2.75) is 39.2 Å². The van der Waals surface area contributed by atoms with E-state index in [0.29, 0.717) is 0 Å². The van der Waals surface area contributed by atoms with Crippen molar-refractivity contribution in [1.82, 2.24) is 4.98 Å². The third kappa shape index (κ3) is 2.74. The van der Waals surface area contributed by atoms with E-state index in [0.717, 1.165) is 29.0 Å². The molecule has 1 saturated heterocycles. The zero-order valence-electron chi connectivity index (χ0n) is 10.0. The van der Waals surface area contributed by atoms with E-state index in [4.69, 9.17) is 0 Å². The fourth-order valence-corrected chi connectivity index (χ4v) is 2.97. The predicted molar refractivity (Wildman–Crippen MR) is 68.0 cm³/mol. The van der Waals surface area contributed by atoms with Crippen LogP contribution >= 0.6 is 11.3 Å². The van der Waals surface area contributed by atoms with Crippen molar-refractivity contribution < 1.29 is 5.11 Å². The van der Waals surface area contributed by atoms with Gasteiger partial charge in [0.15, 0.2) is 5.13 Å². The molecule has 2 heterocycles. The first-order chi connectivity index (χ1) is 7.66. The van der Waals surface area contributed by atoms with Crippen LogP contribution in [0.5, 0.6) is 0 Å². The molecule has 0 aromatic carbocycles. The van der Waals surface area contributed by atoms with Gasteiger partial charge in [-0.15, -0.1) is 0 Å². The maximum Gasteiger partial charge on any atom is 0.185 e. The number of hydrogen-bond acceptors (Lipinski definition) is 4. The summed E-state index contributed by atoms with van der Waals surface area (Å²) in [5.41, 5.74) is 0. The number of aliphatic hydroxyl groups is 1. The van der Waals surface area contributed by atoms with Crippen molar-refractivity contribution in [3.63, 3.8) is 0 Å². The van der Waals surface area contributed by atoms with Gasteiger partial charge in [-0.25, -0.2) is 4.98 Å². The van der Waals surface area contributed by atoms with Crippen LogP contribution in [0.15, 0.2) is 6.20 Å². The number of thiazole rings is 1. The van der Waals surface area contributed by atoms with E-state index in [2.05, 4.69) is 16.8 Å². The van der Waals surface area contributed by atoms with E-state index >= 15 is 0 Å². The largest absolute Gasteiger partial charge is 0.388 e. The monoisotopic (exact) mass is 240 g/mol. The van der Waals surface area contributed by atoms with Gasteiger partial charge in [0.25, 0.3) is 0 Å². The second-order valence-electron chi connectivity index (χ2n) is 4.74. The molecule has 0 radical (unpaired) electrons. The SMILES string of the molecule is CC1CCCN(c2ncc(C(C)O)s2)CC1. The highest BCUT2D eigenvalue weighted by Crippen LogP contribution is 2.29. The van der Waals surface area contributed by atoms with Gasteiger partial charge in [-0.3, -0.25) is 0 Å². The Labute approximate surface area is 101 Å². The number of anilines is 1. The minimum absolute atomic E-state index is 0.392. The van der Waals surface area contributed by atoms with Crippen LogP contribution in [-0.4, -0.2) is 23.2 Å². The Bertz CT molecular complexity index is 338. The van der Waals surface area contributed by atoms with Crippen molar-refractivity contribution in [1.29, 1.82) is 0 Å². The molecule has 0 bridgehead atoms. The van der Waals surface area contributed by atoms with Crippen LogP contribution < -0.4 is 4.90 Å². The summed E-state index contributed by atoms with van der Waals surface area (Å²) in [6.07, 6.45) is 5.25. The summed E-state index contributed by atoms with van der Waals surface area (Å²) in [4.78, 5) is 7.74. The molecule has 1 aromatic rings. The molecule has 2 rings (SSSR count). The van der Waals surface area contributed by atoms with Gasteiger partial charge in [-0.2, -0.15) is 0 Å². The zero-order chi connectivity index (χ0) is 11.5. The summed E-state index contributed by atoms with van der Waals surface area (Å²) in [6.45, 7) is 6.33. The molecule has 1 aliphatic rings. The van der Waals surface area contributed by atoms with E-state index < -0.39 is 6.10 Å². The minimum atomic E-state index is -0.392. The second-order valence-corrected chi connectivity index (χ2v) is 5.78. The molecule has 1 fully saturated rings. The number of aliphatic hydroxyl groups excluding tert-OH is 1. The minimum Gasteiger partial charge on any atom is -0.388 e. The topological polar surface area (TPSA) is 36.4 Å². The quantitative estimate of drug-likeness (QED) is 0.863. The normalized spacial score (nSPS) is 24.2. The molecule has 1 N–H and O–H groups in total. The van der Waals surface area contributed by atoms with E-state index in [1.807, 2.05) is 0 Å². The molecule has 2 atom stereocenters. The van der Waals surface area contributed by atoms with Crippen molar-refractivity contribution in [3.05, 3.63) is 11.1 Å². The highest BCUT2D eigenvalue weighted by Gasteiger charge is 2.17. The van der Waals surface area contributed by atoms with Crippen LogP contribution in [-0.2, 0) is 0 Å². The Hall–Kier alpha value is -0.610. The lowest BCUT2D eigenvalue weighted by Crippen LogP contribution is -2.23. The van der Waals surface area contributed by atoms with Crippen molar-refractivity contribution in [2.24, 2.45) is 5.92 Å². The van der Waals surface area contributed by atoms with Gasteiger partial charge >= 0.3 is 0 Å². The average Bonchev–Trinajstić information content (AvgIpc) is 2.63. The average molecular weight is 240 g/mol. The predicted octanol–water partition coefficient (Wildman–Crippen LogP) is 2.82. The molecule has 1 aromatic heterocycles. The zero-order valence-corrected chi connectivity index (χ0v) is 10.8. The van der Waals surface area contributed by atoms with Crippen molar-refractivity contribution in [2.75, 3.05) is 18.0 Å². The molecule has 2 unspecified atom stereocenters. The van der Waals surface area contributed by atoms with Crippen LogP contribution in [0.2, 0.25) is 0 Å². The van der Waals surface area contributed by atoms with Crippen LogP contribution in [0.3, 0.4) is 0 Å². The fraction of sp³-hybridized carbons (Fsp3) is 0.750. The molecule has 0 saturated carbocycles. The molecule has 1 aliphatic heterocycles. The molecular formula is C12H20N2OS. The highest BCUT2D eigenvalue weighted by atomic mass is 32.1. The van der Waals surface area contributed by atoms with Crippen LogP contribution in [0.1, 0.15) is 44.1 Å². The molecule has 3 nitrogen and oxygen atoms in total. The van der Waals surface area contributed by atoms with Gasteiger partial charge < -0.3 is 10.0 Å². The molecular weight excluding hydrogens is 220 g/mol. The molecule has 0 amide bonds. The third-order valence-electron chi connectivity index (χ3n) is 3.21. The maximum atomic E-state index is 9.48. The Balaban J connectivity index is 2.05. The lowest BCUT2D eigenvalue weighted by Gasteiger charge is -2.18. The van der Waals surface area contributed by atoms with Crippen molar-refractivity contribution in [3.8, 4) is 0 Å². The number of aromatic nitrogens is 1. The lowest BCUT2D eigenvalue weighted by molar-refractivity contribution is 0.203. The summed E-state index contributed by atoms with van der Waals surface area (Å²) < 4.78 is 0. The van der Waals surface area contributed by atoms with Gasteiger partial charge in [-0.05, 0) is 32.1 Å². The molecule has 90 valence electrons. The van der Waals surface area contributed by atoms with E-state index in [9.17, 15) is 5.11 Å². The Morgan fingerprint density at radius 1 is 1.50 bits per heavy atom. The molecule has 4 heteroatoms. The summed E-state index contributed by atoms with van der Waals surface area (Å²) >= 11 is 1.62. The standard InChI is InChI=1S/C12H20N2OS/c1-9-4-3-6-14(7-5-9)12-13-8-11(16-12)10(2)15/h8-10,15H,3-7H2,1-2H3. The Morgan fingerprint density at radius 2 is 2.31 bits per heavy atom. The van der Waals surface area contributed by atoms with E-state index in [1.165, 1.54) is 19.3 Å². The summed E-state index contributed by atoms with van der Waals surface area (Å²) in [5, 5.41) is 10.6. The third-order valence-corrected chi connectivity index (χ3v) is 4.44. The van der Waals surface area contributed by atoms with E-state index in [1.54, 1.807) is 24.5 Å². The first-order valence-corrected chi connectivity index (χ1v) is 6.87. The first kappa shape index (κ1) is 11.9. The summed E-state index contributed by atoms with van der Waals surface area (Å²) in [6, 6.07) is 0. The van der Waals surface area contributed by atoms with Crippen LogP contribution in [0, 0.1) is 5.92 Å². The van der Waals surface area contributed by atoms with Gasteiger partial charge in [0.2, 0.25) is 0 Å². The highest BCUT2D eigenvalue weighted by molar-refractivity contribution is 7.15. The lowest BCUT2D eigenvalue weighted by atomic mass is 10.0. The number of rotatable bonds is 2. The maximum absolute atomic E-state index is 9.48. The Kier molecular flexibility index (Phi) is 3.82. The first-order valence-electron chi connectivity index (χ1n) is 6.05. The van der Waals surface area contributed by atoms with Crippen molar-refractivity contribution >= 4 is 16.5 Å². The summed E-state index contributed by atoms with van der Waals surface area (Å²) in [7, 11) is 0. The molecule has 0 spiro atoms. The van der Waals surface area contributed by atoms with Gasteiger partial charge in [-0.1, -0.05) is 18.3 Å². The smallest absolute Gasteiger partial charge is 0.185 e. The fourth-order valence-electron chi connectivity index (χ4n) is 2.07. The van der Waals surface area contributed by atoms with Gasteiger partial charge in [0.1, 0.15) is 0 Å². The number of nitrogens with zero attached hydrogens (tertiary/aromatic N) is 2. The van der Waals surface area contributed by atoms with Gasteiger partial charge in [0, 0.05) is 19.3 Å². The molecule has 0 aliphatic carbocycles.